The molecule has 0 aliphatic heterocycles. The lowest BCUT2D eigenvalue weighted by Gasteiger charge is -2.44. The molecule has 0 bridgehead atoms. The summed E-state index contributed by atoms with van der Waals surface area (Å²) in [6, 6.07) is 12.8. The molecule has 1 aromatic rings. The van der Waals surface area contributed by atoms with Crippen molar-refractivity contribution in [3.8, 4) is 6.07 Å². The molecule has 0 N–H and O–H groups in total. The van der Waals surface area contributed by atoms with Crippen molar-refractivity contribution in [2.45, 2.75) is 50.2 Å². The molecule has 1 saturated carbocycles. The van der Waals surface area contributed by atoms with E-state index < -0.39 is 5.79 Å². The van der Waals surface area contributed by atoms with Crippen LogP contribution in [0.2, 0.25) is 0 Å². The van der Waals surface area contributed by atoms with E-state index in [2.05, 4.69) is 30.3 Å². The lowest BCUT2D eigenvalue weighted by molar-refractivity contribution is -0.242. The average Bonchev–Trinajstić information content (AvgIpc) is 2.51. The highest BCUT2D eigenvalue weighted by atomic mass is 16.7. The Balaban J connectivity index is 2.21. The fourth-order valence-corrected chi connectivity index (χ4v) is 3.29. The summed E-state index contributed by atoms with van der Waals surface area (Å²) in [5.41, 5.74) is 1.22. The minimum Gasteiger partial charge on any atom is -0.353 e. The van der Waals surface area contributed by atoms with Gasteiger partial charge in [0.2, 0.25) is 0 Å². The van der Waals surface area contributed by atoms with Crippen molar-refractivity contribution in [1.82, 2.24) is 0 Å². The number of ether oxygens (including phenoxy) is 2. The number of benzene rings is 1. The van der Waals surface area contributed by atoms with Gasteiger partial charge in [-0.3, -0.25) is 0 Å². The summed E-state index contributed by atoms with van der Waals surface area (Å²) in [6.45, 7) is 2.65. The molecule has 0 aromatic heterocycles. The maximum atomic E-state index is 9.22. The quantitative estimate of drug-likeness (QED) is 0.766. The van der Waals surface area contributed by atoms with Crippen LogP contribution >= 0.6 is 0 Å². The van der Waals surface area contributed by atoms with Gasteiger partial charge < -0.3 is 9.47 Å². The lowest BCUT2D eigenvalue weighted by Crippen LogP contribution is -2.44. The molecule has 108 valence electrons. The predicted molar refractivity (Wildman–Crippen MR) is 78.2 cm³/mol. The minimum absolute atomic E-state index is 0.0465. The standard InChI is InChI=1S/C17H23NO2/c1-3-20-17(19-2)11-9-16(10-12-17,13-14-18)15-7-5-4-6-8-15/h4-8H,3,9-13H2,1-2H3. The molecular weight excluding hydrogens is 250 g/mol. The van der Waals surface area contributed by atoms with E-state index in [1.807, 2.05) is 13.0 Å². The van der Waals surface area contributed by atoms with E-state index >= 15 is 0 Å². The summed E-state index contributed by atoms with van der Waals surface area (Å²) in [6.07, 6.45) is 4.10. The van der Waals surface area contributed by atoms with Crippen LogP contribution in [-0.4, -0.2) is 19.5 Å². The Morgan fingerprint density at radius 2 is 1.80 bits per heavy atom. The second kappa shape index (κ2) is 6.39. The van der Waals surface area contributed by atoms with Gasteiger partial charge in [-0.05, 0) is 25.3 Å². The summed E-state index contributed by atoms with van der Waals surface area (Å²) in [4.78, 5) is 0. The summed E-state index contributed by atoms with van der Waals surface area (Å²) in [7, 11) is 1.72. The topological polar surface area (TPSA) is 42.2 Å². The van der Waals surface area contributed by atoms with Crippen LogP contribution in [0.3, 0.4) is 0 Å². The molecule has 0 amide bonds. The first kappa shape index (κ1) is 15.0. The van der Waals surface area contributed by atoms with Crippen molar-refractivity contribution < 1.29 is 9.47 Å². The second-order valence-electron chi connectivity index (χ2n) is 5.53. The van der Waals surface area contributed by atoms with Gasteiger partial charge in [0.15, 0.2) is 5.79 Å². The van der Waals surface area contributed by atoms with Crippen molar-refractivity contribution >= 4 is 0 Å². The van der Waals surface area contributed by atoms with Gasteiger partial charge in [0.05, 0.1) is 6.07 Å². The maximum absolute atomic E-state index is 9.22. The van der Waals surface area contributed by atoms with Crippen LogP contribution in [-0.2, 0) is 14.9 Å². The van der Waals surface area contributed by atoms with Crippen LogP contribution in [0.5, 0.6) is 0 Å². The Morgan fingerprint density at radius 1 is 1.15 bits per heavy atom. The first-order chi connectivity index (χ1) is 9.70. The van der Waals surface area contributed by atoms with Crippen molar-refractivity contribution in [2.75, 3.05) is 13.7 Å². The van der Waals surface area contributed by atoms with Crippen LogP contribution in [0.25, 0.3) is 0 Å². The van der Waals surface area contributed by atoms with Gasteiger partial charge in [-0.15, -0.1) is 0 Å². The van der Waals surface area contributed by atoms with Crippen LogP contribution in [0.1, 0.15) is 44.6 Å². The summed E-state index contributed by atoms with van der Waals surface area (Å²) >= 11 is 0. The third-order valence-corrected chi connectivity index (χ3v) is 4.55. The minimum atomic E-state index is -0.456. The zero-order valence-corrected chi connectivity index (χ0v) is 12.4. The van der Waals surface area contributed by atoms with E-state index in [1.54, 1.807) is 7.11 Å². The number of nitriles is 1. The Labute approximate surface area is 121 Å². The smallest absolute Gasteiger partial charge is 0.167 e. The highest BCUT2D eigenvalue weighted by molar-refractivity contribution is 5.27. The molecule has 1 aromatic carbocycles. The molecular formula is C17H23NO2. The van der Waals surface area contributed by atoms with Crippen LogP contribution in [0.15, 0.2) is 30.3 Å². The first-order valence-electron chi connectivity index (χ1n) is 7.32. The number of nitrogens with zero attached hydrogens (tertiary/aromatic N) is 1. The maximum Gasteiger partial charge on any atom is 0.167 e. The normalized spacial score (nSPS) is 29.9. The average molecular weight is 273 g/mol. The van der Waals surface area contributed by atoms with Crippen LogP contribution in [0.4, 0.5) is 0 Å². The number of rotatable bonds is 5. The van der Waals surface area contributed by atoms with E-state index in [1.165, 1.54) is 5.56 Å². The zero-order valence-electron chi connectivity index (χ0n) is 12.4. The molecule has 3 heteroatoms. The summed E-state index contributed by atoms with van der Waals surface area (Å²) in [5.74, 6) is -0.456. The van der Waals surface area contributed by atoms with Crippen molar-refractivity contribution in [3.63, 3.8) is 0 Å². The van der Waals surface area contributed by atoms with Crippen molar-refractivity contribution in [2.24, 2.45) is 0 Å². The molecule has 0 saturated heterocycles. The van der Waals surface area contributed by atoms with Gasteiger partial charge in [0.25, 0.3) is 0 Å². The van der Waals surface area contributed by atoms with E-state index in [-0.39, 0.29) is 5.41 Å². The zero-order chi connectivity index (χ0) is 14.5. The molecule has 1 aliphatic carbocycles. The monoisotopic (exact) mass is 273 g/mol. The molecule has 0 radical (unpaired) electrons. The van der Waals surface area contributed by atoms with Gasteiger partial charge >= 0.3 is 0 Å². The molecule has 0 heterocycles. The number of methoxy groups -OCH3 is 1. The Hall–Kier alpha value is -1.37. The molecule has 1 aliphatic rings. The third kappa shape index (κ3) is 2.87. The van der Waals surface area contributed by atoms with E-state index in [9.17, 15) is 5.26 Å². The van der Waals surface area contributed by atoms with Gasteiger partial charge in [-0.25, -0.2) is 0 Å². The fourth-order valence-electron chi connectivity index (χ4n) is 3.29. The van der Waals surface area contributed by atoms with Gasteiger partial charge in [0.1, 0.15) is 0 Å². The van der Waals surface area contributed by atoms with Gasteiger partial charge in [-0.2, -0.15) is 5.26 Å². The van der Waals surface area contributed by atoms with E-state index in [4.69, 9.17) is 9.47 Å². The van der Waals surface area contributed by atoms with E-state index in [0.29, 0.717) is 13.0 Å². The second-order valence-corrected chi connectivity index (χ2v) is 5.53. The Morgan fingerprint density at radius 3 is 2.30 bits per heavy atom. The van der Waals surface area contributed by atoms with E-state index in [0.717, 1.165) is 25.7 Å². The first-order valence-corrected chi connectivity index (χ1v) is 7.32. The fraction of sp³-hybridized carbons (Fsp3) is 0.588. The Kier molecular flexibility index (Phi) is 4.80. The molecule has 0 spiro atoms. The lowest BCUT2D eigenvalue weighted by atomic mass is 9.66. The highest BCUT2D eigenvalue weighted by Gasteiger charge is 2.44. The largest absolute Gasteiger partial charge is 0.353 e. The SMILES string of the molecule is CCOC1(OC)CCC(CC#N)(c2ccccc2)CC1. The molecule has 0 atom stereocenters. The van der Waals surface area contributed by atoms with Gasteiger partial charge in [0, 0.05) is 38.4 Å². The van der Waals surface area contributed by atoms with Gasteiger partial charge in [-0.1, -0.05) is 30.3 Å². The molecule has 20 heavy (non-hydrogen) atoms. The predicted octanol–water partition coefficient (Wildman–Crippen LogP) is 3.79. The molecule has 0 unspecified atom stereocenters. The van der Waals surface area contributed by atoms with Crippen LogP contribution in [0, 0.1) is 11.3 Å². The van der Waals surface area contributed by atoms with Crippen LogP contribution < -0.4 is 0 Å². The summed E-state index contributed by atoms with van der Waals surface area (Å²) < 4.78 is 11.4. The molecule has 1 fully saturated rings. The molecule has 2 rings (SSSR count). The molecule has 3 nitrogen and oxygen atoms in total. The Bertz CT molecular complexity index is 456. The highest BCUT2D eigenvalue weighted by Crippen LogP contribution is 2.46. The van der Waals surface area contributed by atoms with Crippen molar-refractivity contribution in [3.05, 3.63) is 35.9 Å². The number of hydrogen-bond donors (Lipinski definition) is 0. The third-order valence-electron chi connectivity index (χ3n) is 4.55. The van der Waals surface area contributed by atoms with Crippen molar-refractivity contribution in [1.29, 1.82) is 5.26 Å². The summed E-state index contributed by atoms with van der Waals surface area (Å²) in [5, 5.41) is 9.22. The number of hydrogen-bond acceptors (Lipinski definition) is 3.